The molecule has 6 heteroatoms. The van der Waals surface area contributed by atoms with Crippen LogP contribution in [0.3, 0.4) is 0 Å². The molecule has 0 aliphatic carbocycles. The van der Waals surface area contributed by atoms with Crippen LogP contribution in [0.2, 0.25) is 0 Å². The van der Waals surface area contributed by atoms with E-state index in [-0.39, 0.29) is 18.2 Å². The molecule has 3 rings (SSSR count). The number of carbonyl (C=O) groups is 1. The van der Waals surface area contributed by atoms with Crippen LogP contribution < -0.4 is 5.32 Å². The highest BCUT2D eigenvalue weighted by Crippen LogP contribution is 2.29. The maximum Gasteiger partial charge on any atom is 0.289 e. The van der Waals surface area contributed by atoms with Crippen LogP contribution in [0.15, 0.2) is 34.7 Å². The van der Waals surface area contributed by atoms with Crippen molar-refractivity contribution in [1.82, 2.24) is 10.3 Å². The van der Waals surface area contributed by atoms with Crippen molar-refractivity contribution in [2.45, 2.75) is 20.0 Å². The van der Waals surface area contributed by atoms with Gasteiger partial charge in [-0.1, -0.05) is 18.2 Å². The Labute approximate surface area is 131 Å². The van der Waals surface area contributed by atoms with Crippen molar-refractivity contribution in [3.05, 3.63) is 52.6 Å². The zero-order valence-corrected chi connectivity index (χ0v) is 13.1. The number of fused-ring (bicyclic) bond motifs is 1. The van der Waals surface area contributed by atoms with Crippen LogP contribution in [0.4, 0.5) is 0 Å². The van der Waals surface area contributed by atoms with Crippen molar-refractivity contribution in [1.29, 1.82) is 0 Å². The molecule has 0 aliphatic heterocycles. The first kappa shape index (κ1) is 14.7. The maximum atomic E-state index is 12.0. The number of hydrogen-bond acceptors (Lipinski definition) is 5. The Kier molecular flexibility index (Phi) is 3.96. The molecule has 1 atom stereocenters. The molecule has 0 spiro atoms. The standard InChI is InChI=1S/C16H16N2O3S/c1-9-15(21-10(2)18-9)16(20)17-8-12(19)14-7-11-5-3-4-6-13(11)22-14/h3-7,12,19H,8H2,1-2H3,(H,17,20). The summed E-state index contributed by atoms with van der Waals surface area (Å²) in [6, 6.07) is 9.88. The van der Waals surface area contributed by atoms with Gasteiger partial charge in [0.1, 0.15) is 6.10 Å². The number of aryl methyl sites for hydroxylation is 2. The number of oxazole rings is 1. The van der Waals surface area contributed by atoms with E-state index < -0.39 is 6.10 Å². The third kappa shape index (κ3) is 2.88. The average Bonchev–Trinajstić information content (AvgIpc) is 3.07. The van der Waals surface area contributed by atoms with E-state index in [9.17, 15) is 9.90 Å². The Bertz CT molecular complexity index is 789. The summed E-state index contributed by atoms with van der Waals surface area (Å²) in [6.07, 6.45) is -0.745. The topological polar surface area (TPSA) is 75.4 Å². The number of benzene rings is 1. The number of aromatic nitrogens is 1. The minimum Gasteiger partial charge on any atom is -0.436 e. The Morgan fingerprint density at radius 3 is 2.86 bits per heavy atom. The summed E-state index contributed by atoms with van der Waals surface area (Å²) < 4.78 is 6.38. The summed E-state index contributed by atoms with van der Waals surface area (Å²) in [7, 11) is 0. The normalized spacial score (nSPS) is 12.5. The van der Waals surface area contributed by atoms with Gasteiger partial charge in [-0.25, -0.2) is 4.98 Å². The van der Waals surface area contributed by atoms with Gasteiger partial charge in [0.25, 0.3) is 5.91 Å². The second kappa shape index (κ2) is 5.90. The van der Waals surface area contributed by atoms with E-state index >= 15 is 0 Å². The molecule has 22 heavy (non-hydrogen) atoms. The smallest absolute Gasteiger partial charge is 0.289 e. The van der Waals surface area contributed by atoms with Crippen LogP contribution in [-0.4, -0.2) is 22.5 Å². The monoisotopic (exact) mass is 316 g/mol. The van der Waals surface area contributed by atoms with Crippen molar-refractivity contribution < 1.29 is 14.3 Å². The van der Waals surface area contributed by atoms with Gasteiger partial charge in [-0.05, 0) is 24.4 Å². The lowest BCUT2D eigenvalue weighted by Gasteiger charge is -2.09. The van der Waals surface area contributed by atoms with Gasteiger partial charge in [-0.3, -0.25) is 4.79 Å². The molecule has 0 fully saturated rings. The molecule has 0 saturated carbocycles. The van der Waals surface area contributed by atoms with Crippen LogP contribution in [0.25, 0.3) is 10.1 Å². The highest BCUT2D eigenvalue weighted by Gasteiger charge is 2.18. The van der Waals surface area contributed by atoms with Crippen LogP contribution in [-0.2, 0) is 0 Å². The van der Waals surface area contributed by atoms with E-state index in [1.165, 1.54) is 11.3 Å². The summed E-state index contributed by atoms with van der Waals surface area (Å²) in [5, 5.41) is 14.0. The second-order valence-corrected chi connectivity index (χ2v) is 6.18. The lowest BCUT2D eigenvalue weighted by atomic mass is 10.2. The minimum atomic E-state index is -0.745. The highest BCUT2D eigenvalue weighted by molar-refractivity contribution is 7.19. The third-order valence-corrected chi connectivity index (χ3v) is 4.56. The fraction of sp³-hybridized carbons (Fsp3) is 0.250. The zero-order chi connectivity index (χ0) is 15.7. The molecule has 1 unspecified atom stereocenters. The fourth-order valence-corrected chi connectivity index (χ4v) is 3.33. The number of nitrogens with zero attached hydrogens (tertiary/aromatic N) is 1. The number of amides is 1. The molecule has 0 bridgehead atoms. The van der Waals surface area contributed by atoms with E-state index in [1.54, 1.807) is 13.8 Å². The molecule has 114 valence electrons. The predicted molar refractivity (Wildman–Crippen MR) is 85.1 cm³/mol. The number of aliphatic hydroxyl groups excluding tert-OH is 1. The molecule has 3 aromatic rings. The van der Waals surface area contributed by atoms with E-state index in [1.807, 2.05) is 30.3 Å². The van der Waals surface area contributed by atoms with E-state index in [4.69, 9.17) is 4.42 Å². The van der Waals surface area contributed by atoms with Gasteiger partial charge in [0.2, 0.25) is 5.76 Å². The molecular weight excluding hydrogens is 300 g/mol. The van der Waals surface area contributed by atoms with Gasteiger partial charge in [0.15, 0.2) is 5.89 Å². The first-order valence-corrected chi connectivity index (χ1v) is 7.75. The summed E-state index contributed by atoms with van der Waals surface area (Å²) >= 11 is 1.52. The van der Waals surface area contributed by atoms with E-state index in [2.05, 4.69) is 10.3 Å². The molecule has 1 aromatic carbocycles. The largest absolute Gasteiger partial charge is 0.436 e. The Morgan fingerprint density at radius 1 is 1.41 bits per heavy atom. The van der Waals surface area contributed by atoms with E-state index in [0.29, 0.717) is 11.6 Å². The Morgan fingerprint density at radius 2 is 2.18 bits per heavy atom. The number of thiophene rings is 1. The van der Waals surface area contributed by atoms with Gasteiger partial charge < -0.3 is 14.8 Å². The molecule has 1 amide bonds. The molecule has 2 aromatic heterocycles. The molecule has 2 heterocycles. The average molecular weight is 316 g/mol. The number of aliphatic hydroxyl groups is 1. The number of carbonyl (C=O) groups excluding carboxylic acids is 1. The third-order valence-electron chi connectivity index (χ3n) is 3.34. The van der Waals surface area contributed by atoms with Crippen LogP contribution in [0.1, 0.15) is 33.1 Å². The molecule has 0 saturated heterocycles. The summed E-state index contributed by atoms with van der Waals surface area (Å²) in [5.41, 5.74) is 0.548. The second-order valence-electron chi connectivity index (χ2n) is 5.06. The van der Waals surface area contributed by atoms with Crippen molar-refractivity contribution in [2.24, 2.45) is 0 Å². The number of hydrogen-bond donors (Lipinski definition) is 2. The molecular formula is C16H16N2O3S. The van der Waals surface area contributed by atoms with Crippen molar-refractivity contribution in [3.8, 4) is 0 Å². The minimum absolute atomic E-state index is 0.130. The van der Waals surface area contributed by atoms with Gasteiger partial charge in [-0.15, -0.1) is 11.3 Å². The van der Waals surface area contributed by atoms with Crippen molar-refractivity contribution >= 4 is 27.3 Å². The summed E-state index contributed by atoms with van der Waals surface area (Å²) in [6.45, 7) is 3.54. The fourth-order valence-electron chi connectivity index (χ4n) is 2.28. The Balaban J connectivity index is 1.68. The summed E-state index contributed by atoms with van der Waals surface area (Å²) in [5.74, 6) is 0.284. The van der Waals surface area contributed by atoms with Gasteiger partial charge in [0, 0.05) is 23.0 Å². The van der Waals surface area contributed by atoms with Crippen molar-refractivity contribution in [2.75, 3.05) is 6.54 Å². The molecule has 5 nitrogen and oxygen atoms in total. The van der Waals surface area contributed by atoms with Crippen molar-refractivity contribution in [3.63, 3.8) is 0 Å². The van der Waals surface area contributed by atoms with Gasteiger partial charge in [0.05, 0.1) is 5.69 Å². The highest BCUT2D eigenvalue weighted by atomic mass is 32.1. The molecule has 2 N–H and O–H groups in total. The van der Waals surface area contributed by atoms with Crippen LogP contribution in [0, 0.1) is 13.8 Å². The number of rotatable bonds is 4. The SMILES string of the molecule is Cc1nc(C)c(C(=O)NCC(O)c2cc3ccccc3s2)o1. The lowest BCUT2D eigenvalue weighted by molar-refractivity contribution is 0.0888. The van der Waals surface area contributed by atoms with Crippen LogP contribution in [0.5, 0.6) is 0 Å². The van der Waals surface area contributed by atoms with E-state index in [0.717, 1.165) is 15.0 Å². The molecule has 0 radical (unpaired) electrons. The zero-order valence-electron chi connectivity index (χ0n) is 12.3. The first-order chi connectivity index (χ1) is 10.5. The van der Waals surface area contributed by atoms with Crippen LogP contribution >= 0.6 is 11.3 Å². The maximum absolute atomic E-state index is 12.0. The number of nitrogens with one attached hydrogen (secondary N) is 1. The Hall–Kier alpha value is -2.18. The lowest BCUT2D eigenvalue weighted by Crippen LogP contribution is -2.28. The molecule has 0 aliphatic rings. The van der Waals surface area contributed by atoms with Gasteiger partial charge in [-0.2, -0.15) is 0 Å². The van der Waals surface area contributed by atoms with Gasteiger partial charge >= 0.3 is 0 Å². The summed E-state index contributed by atoms with van der Waals surface area (Å²) in [4.78, 5) is 16.9. The quantitative estimate of drug-likeness (QED) is 0.776. The predicted octanol–water partition coefficient (Wildman–Crippen LogP) is 2.97. The first-order valence-electron chi connectivity index (χ1n) is 6.93.